The predicted octanol–water partition coefficient (Wildman–Crippen LogP) is 2.27. The predicted molar refractivity (Wildman–Crippen MR) is 85.4 cm³/mol. The number of nitrogens with zero attached hydrogens (tertiary/aromatic N) is 1. The van der Waals surface area contributed by atoms with Gasteiger partial charge in [-0.15, -0.1) is 0 Å². The van der Waals surface area contributed by atoms with Crippen molar-refractivity contribution >= 4 is 0 Å². The molecule has 0 saturated carbocycles. The fourth-order valence-corrected chi connectivity index (χ4v) is 2.40. The summed E-state index contributed by atoms with van der Waals surface area (Å²) < 4.78 is 6.95. The van der Waals surface area contributed by atoms with Crippen LogP contribution in [0, 0.1) is 0 Å². The van der Waals surface area contributed by atoms with Crippen LogP contribution in [0.3, 0.4) is 0 Å². The molecule has 1 heterocycles. The van der Waals surface area contributed by atoms with Crippen LogP contribution in [0.15, 0.2) is 47.3 Å². The summed E-state index contributed by atoms with van der Waals surface area (Å²) in [4.78, 5) is 12.6. The molecule has 0 atom stereocenters. The molecule has 1 N–H and O–H groups in total. The summed E-state index contributed by atoms with van der Waals surface area (Å²) in [7, 11) is 3.53. The lowest BCUT2D eigenvalue weighted by atomic mass is 10.1. The Hall–Kier alpha value is -1.91. The van der Waals surface area contributed by atoms with Gasteiger partial charge in [0.1, 0.15) is 0 Å². The third-order valence-corrected chi connectivity index (χ3v) is 3.42. The number of nitrogens with one attached hydrogen (secondary N) is 1. The summed E-state index contributed by atoms with van der Waals surface area (Å²) in [5.74, 6) is 0. The van der Waals surface area contributed by atoms with Gasteiger partial charge in [-0.2, -0.15) is 0 Å². The zero-order valence-corrected chi connectivity index (χ0v) is 12.6. The van der Waals surface area contributed by atoms with Crippen molar-refractivity contribution in [3.05, 3.63) is 58.4 Å². The van der Waals surface area contributed by atoms with Crippen molar-refractivity contribution in [2.75, 3.05) is 20.8 Å². The number of methoxy groups -OCH3 is 1. The van der Waals surface area contributed by atoms with Crippen LogP contribution in [0.2, 0.25) is 0 Å². The van der Waals surface area contributed by atoms with Gasteiger partial charge in [0.05, 0.1) is 5.69 Å². The maximum absolute atomic E-state index is 12.6. The monoisotopic (exact) mass is 286 g/mol. The van der Waals surface area contributed by atoms with E-state index in [1.54, 1.807) is 7.11 Å². The summed E-state index contributed by atoms with van der Waals surface area (Å²) in [6.45, 7) is 1.89. The average Bonchev–Trinajstić information content (AvgIpc) is 2.52. The minimum Gasteiger partial charge on any atom is -0.385 e. The van der Waals surface area contributed by atoms with Gasteiger partial charge in [-0.05, 0) is 25.1 Å². The summed E-state index contributed by atoms with van der Waals surface area (Å²) in [5.41, 5.74) is 2.87. The molecule has 0 amide bonds. The van der Waals surface area contributed by atoms with E-state index in [0.717, 1.165) is 23.2 Å². The van der Waals surface area contributed by atoms with Crippen LogP contribution in [0.1, 0.15) is 12.0 Å². The van der Waals surface area contributed by atoms with Crippen LogP contribution in [-0.4, -0.2) is 25.3 Å². The molecule has 0 aliphatic rings. The Bertz CT molecular complexity index is 620. The molecule has 0 spiro atoms. The fourth-order valence-electron chi connectivity index (χ4n) is 2.40. The lowest BCUT2D eigenvalue weighted by molar-refractivity contribution is 0.190. The molecule has 2 aromatic rings. The topological polar surface area (TPSA) is 43.3 Å². The Kier molecular flexibility index (Phi) is 5.72. The first-order chi connectivity index (χ1) is 10.3. The maximum Gasteiger partial charge on any atom is 0.255 e. The van der Waals surface area contributed by atoms with Crippen molar-refractivity contribution in [2.24, 2.45) is 0 Å². The lowest BCUT2D eigenvalue weighted by Crippen LogP contribution is -2.27. The van der Waals surface area contributed by atoms with E-state index in [4.69, 9.17) is 4.74 Å². The fraction of sp³-hybridized carbons (Fsp3) is 0.353. The summed E-state index contributed by atoms with van der Waals surface area (Å²) >= 11 is 0. The van der Waals surface area contributed by atoms with Crippen molar-refractivity contribution < 1.29 is 4.74 Å². The van der Waals surface area contributed by atoms with E-state index in [1.807, 2.05) is 54.1 Å². The quantitative estimate of drug-likeness (QED) is 0.794. The number of aromatic nitrogens is 1. The summed E-state index contributed by atoms with van der Waals surface area (Å²) in [6.07, 6.45) is 0.819. The highest BCUT2D eigenvalue weighted by molar-refractivity contribution is 5.59. The lowest BCUT2D eigenvalue weighted by Gasteiger charge is -2.15. The van der Waals surface area contributed by atoms with Gasteiger partial charge in [-0.1, -0.05) is 36.4 Å². The molecule has 0 aliphatic carbocycles. The number of rotatable bonds is 7. The molecule has 4 nitrogen and oxygen atoms in total. The van der Waals surface area contributed by atoms with Gasteiger partial charge in [0.2, 0.25) is 0 Å². The first-order valence-electron chi connectivity index (χ1n) is 7.19. The van der Waals surface area contributed by atoms with Gasteiger partial charge in [-0.25, -0.2) is 0 Å². The summed E-state index contributed by atoms with van der Waals surface area (Å²) in [5, 5.41) is 3.04. The van der Waals surface area contributed by atoms with E-state index < -0.39 is 0 Å². The molecule has 0 bridgehead atoms. The molecule has 2 rings (SSSR count). The molecule has 0 unspecified atom stereocenters. The molecule has 1 aromatic heterocycles. The molecular weight excluding hydrogens is 264 g/mol. The third kappa shape index (κ3) is 3.80. The van der Waals surface area contributed by atoms with Crippen molar-refractivity contribution in [1.82, 2.24) is 9.88 Å². The second-order valence-electron chi connectivity index (χ2n) is 4.94. The molecule has 0 fully saturated rings. The molecule has 0 aliphatic heterocycles. The van der Waals surface area contributed by atoms with Crippen LogP contribution in [0.25, 0.3) is 11.3 Å². The van der Waals surface area contributed by atoms with Gasteiger partial charge >= 0.3 is 0 Å². The Morgan fingerprint density at radius 1 is 1.14 bits per heavy atom. The second-order valence-corrected chi connectivity index (χ2v) is 4.94. The number of pyridine rings is 1. The van der Waals surface area contributed by atoms with Crippen molar-refractivity contribution in [3.63, 3.8) is 0 Å². The number of hydrogen-bond acceptors (Lipinski definition) is 3. The van der Waals surface area contributed by atoms with E-state index in [1.165, 1.54) is 0 Å². The van der Waals surface area contributed by atoms with E-state index in [-0.39, 0.29) is 5.56 Å². The molecular formula is C17H22N2O2. The van der Waals surface area contributed by atoms with Crippen LogP contribution in [-0.2, 0) is 17.8 Å². The van der Waals surface area contributed by atoms with Gasteiger partial charge in [0.15, 0.2) is 0 Å². The Labute approximate surface area is 125 Å². The second kappa shape index (κ2) is 7.76. The highest BCUT2D eigenvalue weighted by Gasteiger charge is 2.09. The highest BCUT2D eigenvalue weighted by atomic mass is 16.5. The first kappa shape index (κ1) is 15.5. The zero-order valence-electron chi connectivity index (χ0n) is 12.6. The molecule has 1 aromatic carbocycles. The van der Waals surface area contributed by atoms with E-state index in [2.05, 4.69) is 5.32 Å². The molecule has 0 radical (unpaired) electrons. The number of benzene rings is 1. The zero-order chi connectivity index (χ0) is 15.1. The van der Waals surface area contributed by atoms with Crippen molar-refractivity contribution in [3.8, 4) is 11.3 Å². The Morgan fingerprint density at radius 3 is 2.57 bits per heavy atom. The SMILES string of the molecule is CNCc1ccc(-c2ccccc2)n(CCCOC)c1=O. The first-order valence-corrected chi connectivity index (χ1v) is 7.19. The smallest absolute Gasteiger partial charge is 0.255 e. The standard InChI is InChI=1S/C17H22N2O2/c1-18-13-15-9-10-16(14-7-4-3-5-8-14)19(17(15)20)11-6-12-21-2/h3-5,7-10,18H,6,11-13H2,1-2H3. The minimum atomic E-state index is 0.0711. The minimum absolute atomic E-state index is 0.0711. The van der Waals surface area contributed by atoms with Gasteiger partial charge in [0.25, 0.3) is 5.56 Å². The van der Waals surface area contributed by atoms with Crippen LogP contribution in [0.5, 0.6) is 0 Å². The van der Waals surface area contributed by atoms with Gasteiger partial charge in [0, 0.05) is 32.4 Å². The van der Waals surface area contributed by atoms with Crippen LogP contribution in [0.4, 0.5) is 0 Å². The molecule has 0 saturated heterocycles. The summed E-state index contributed by atoms with van der Waals surface area (Å²) in [6, 6.07) is 13.9. The molecule has 112 valence electrons. The van der Waals surface area contributed by atoms with Gasteiger partial charge < -0.3 is 14.6 Å². The van der Waals surface area contributed by atoms with Crippen LogP contribution < -0.4 is 10.9 Å². The maximum atomic E-state index is 12.6. The van der Waals surface area contributed by atoms with E-state index in [9.17, 15) is 4.79 Å². The average molecular weight is 286 g/mol. The van der Waals surface area contributed by atoms with Crippen molar-refractivity contribution in [2.45, 2.75) is 19.5 Å². The van der Waals surface area contributed by atoms with Crippen LogP contribution >= 0.6 is 0 Å². The number of ether oxygens (including phenoxy) is 1. The normalized spacial score (nSPS) is 10.8. The molecule has 4 heteroatoms. The van der Waals surface area contributed by atoms with Gasteiger partial charge in [-0.3, -0.25) is 4.79 Å². The van der Waals surface area contributed by atoms with E-state index >= 15 is 0 Å². The molecule has 21 heavy (non-hydrogen) atoms. The largest absolute Gasteiger partial charge is 0.385 e. The van der Waals surface area contributed by atoms with Crippen molar-refractivity contribution in [1.29, 1.82) is 0 Å². The highest BCUT2D eigenvalue weighted by Crippen LogP contribution is 2.18. The Balaban J connectivity index is 2.43. The number of hydrogen-bond donors (Lipinski definition) is 1. The van der Waals surface area contributed by atoms with E-state index in [0.29, 0.717) is 19.7 Å². The Morgan fingerprint density at radius 2 is 1.90 bits per heavy atom. The third-order valence-electron chi connectivity index (χ3n) is 3.42.